The Bertz CT molecular complexity index is 2560. The number of carbonyl (C=O) groups is 4. The van der Waals surface area contributed by atoms with Crippen molar-refractivity contribution in [2.45, 2.75) is 367 Å². The van der Waals surface area contributed by atoms with Crippen molar-refractivity contribution in [1.82, 2.24) is 0 Å². The lowest BCUT2D eigenvalue weighted by Crippen LogP contribution is -2.30. The third kappa shape index (κ3) is 79.3. The number of phosphoric ester groups is 2. The number of aliphatic hydroxyl groups is 1. The molecule has 5 atom stereocenters. The summed E-state index contributed by atoms with van der Waals surface area (Å²) in [6.07, 6.45) is 91.2. The zero-order valence-electron chi connectivity index (χ0n) is 68.0. The molecule has 0 rings (SSSR count). The highest BCUT2D eigenvalue weighted by Gasteiger charge is 2.30. The first-order chi connectivity index (χ1) is 52.7. The molecule has 108 heavy (non-hydrogen) atoms. The predicted octanol–water partition coefficient (Wildman–Crippen LogP) is 25.2. The summed E-state index contributed by atoms with van der Waals surface area (Å²) >= 11 is 0. The van der Waals surface area contributed by atoms with E-state index in [1.807, 2.05) is 0 Å². The summed E-state index contributed by atoms with van der Waals surface area (Å²) in [5.74, 6) is -2.22. The molecule has 0 aliphatic carbocycles. The molecule has 17 nitrogen and oxygen atoms in total. The van der Waals surface area contributed by atoms with Crippen LogP contribution in [0, 0.1) is 0 Å². The number of rotatable bonds is 79. The Morgan fingerprint density at radius 3 is 0.778 bits per heavy atom. The maximum absolute atomic E-state index is 13.1. The maximum Gasteiger partial charge on any atom is 0.472 e. The molecule has 0 radical (unpaired) electrons. The van der Waals surface area contributed by atoms with E-state index in [0.29, 0.717) is 25.7 Å². The zero-order chi connectivity index (χ0) is 78.9. The highest BCUT2D eigenvalue weighted by atomic mass is 31.2. The van der Waals surface area contributed by atoms with Crippen LogP contribution in [0.5, 0.6) is 0 Å². The minimum atomic E-state index is -4.99. The molecule has 620 valence electrons. The Labute approximate surface area is 656 Å². The molecule has 0 saturated heterocycles. The maximum atomic E-state index is 13.1. The lowest BCUT2D eigenvalue weighted by atomic mass is 10.1. The van der Waals surface area contributed by atoms with Crippen molar-refractivity contribution in [1.29, 1.82) is 0 Å². The summed E-state index contributed by atoms with van der Waals surface area (Å²) in [6.45, 7) is 4.63. The van der Waals surface area contributed by atoms with Gasteiger partial charge < -0.3 is 33.8 Å². The number of allylic oxidation sites excluding steroid dienone is 22. The summed E-state index contributed by atoms with van der Waals surface area (Å²) in [4.78, 5) is 73.2. The number of hydrogen-bond acceptors (Lipinski definition) is 15. The van der Waals surface area contributed by atoms with Crippen molar-refractivity contribution in [3.05, 3.63) is 134 Å². The normalized spacial score (nSPS) is 14.5. The number of esters is 4. The van der Waals surface area contributed by atoms with Crippen LogP contribution in [0.15, 0.2) is 134 Å². The van der Waals surface area contributed by atoms with Crippen LogP contribution < -0.4 is 0 Å². The van der Waals surface area contributed by atoms with Gasteiger partial charge in [0, 0.05) is 25.7 Å². The van der Waals surface area contributed by atoms with E-state index in [1.165, 1.54) is 38.5 Å². The molecule has 0 aromatic heterocycles. The number of carbonyl (C=O) groups excluding carboxylic acids is 4. The Morgan fingerprint density at radius 2 is 0.500 bits per heavy atom. The molecule has 0 saturated carbocycles. The quantitative estimate of drug-likeness (QED) is 0.0169. The predicted molar refractivity (Wildman–Crippen MR) is 445 cm³/mol. The van der Waals surface area contributed by atoms with Crippen LogP contribution in [0.3, 0.4) is 0 Å². The number of ether oxygens (including phenoxy) is 4. The molecular weight excluding hydrogens is 1400 g/mol. The van der Waals surface area contributed by atoms with E-state index in [2.05, 4.69) is 161 Å². The smallest absolute Gasteiger partial charge is 0.462 e. The van der Waals surface area contributed by atoms with Gasteiger partial charge in [-0.05, 0) is 161 Å². The minimum absolute atomic E-state index is 0.0731. The number of phosphoric acid groups is 2. The molecule has 0 spiro atoms. The zero-order valence-corrected chi connectivity index (χ0v) is 69.8. The minimum Gasteiger partial charge on any atom is -0.462 e. The highest BCUT2D eigenvalue weighted by molar-refractivity contribution is 7.47. The van der Waals surface area contributed by atoms with Crippen LogP contribution in [-0.2, 0) is 65.4 Å². The van der Waals surface area contributed by atoms with Crippen LogP contribution >= 0.6 is 15.6 Å². The van der Waals surface area contributed by atoms with Gasteiger partial charge in [-0.3, -0.25) is 37.3 Å². The first-order valence-electron chi connectivity index (χ1n) is 42.4. The number of hydrogen-bond donors (Lipinski definition) is 3. The fraction of sp³-hybridized carbons (Fsp3) is 0.708. The summed E-state index contributed by atoms with van der Waals surface area (Å²) < 4.78 is 68.8. The van der Waals surface area contributed by atoms with E-state index < -0.39 is 97.5 Å². The van der Waals surface area contributed by atoms with Crippen LogP contribution in [-0.4, -0.2) is 96.7 Å². The van der Waals surface area contributed by atoms with Crippen LogP contribution in [0.25, 0.3) is 0 Å². The monoisotopic (exact) mass is 1560 g/mol. The Hall–Kier alpha value is -4.80. The second-order valence-corrected chi connectivity index (χ2v) is 30.9. The molecule has 0 heterocycles. The third-order valence-corrected chi connectivity index (χ3v) is 19.5. The molecule has 5 unspecified atom stereocenters. The molecule has 0 fully saturated rings. The Morgan fingerprint density at radius 1 is 0.269 bits per heavy atom. The van der Waals surface area contributed by atoms with Gasteiger partial charge in [0.05, 0.1) is 26.4 Å². The molecule has 0 aliphatic heterocycles. The van der Waals surface area contributed by atoms with Crippen molar-refractivity contribution in [3.8, 4) is 0 Å². The summed E-state index contributed by atoms with van der Waals surface area (Å²) in [6, 6.07) is 0. The van der Waals surface area contributed by atoms with Gasteiger partial charge in [0.25, 0.3) is 0 Å². The first-order valence-corrected chi connectivity index (χ1v) is 45.4. The number of unbranched alkanes of at least 4 members (excludes halogenated alkanes) is 31. The van der Waals surface area contributed by atoms with Gasteiger partial charge in [-0.15, -0.1) is 0 Å². The average molecular weight is 1560 g/mol. The SMILES string of the molecule is CC/C=C\C/C=C\C/C=C\CCCCCCCCCC(=O)OC(COC(=O)CCCCCCCC/C=C\C/C=C\C/C=C\CCCCC)COP(=O)(O)OCC(O)COP(=O)(O)OCC(COC(=O)CCCCCCCC/C=C\C/C=C\C/C=C\CCCCC)OC(=O)CCCCCCC/C=C\C/C=C\CCC. The molecule has 19 heteroatoms. The molecule has 3 N–H and O–H groups in total. The van der Waals surface area contributed by atoms with E-state index >= 15 is 0 Å². The van der Waals surface area contributed by atoms with Crippen LogP contribution in [0.1, 0.15) is 349 Å². The summed E-state index contributed by atoms with van der Waals surface area (Å²) in [7, 11) is -9.98. The van der Waals surface area contributed by atoms with Crippen molar-refractivity contribution < 1.29 is 80.2 Å². The first kappa shape index (κ1) is 103. The van der Waals surface area contributed by atoms with Gasteiger partial charge in [-0.1, -0.05) is 296 Å². The molecule has 0 aliphatic rings. The fourth-order valence-electron chi connectivity index (χ4n) is 11.1. The largest absolute Gasteiger partial charge is 0.472 e. The van der Waals surface area contributed by atoms with Gasteiger partial charge in [0.1, 0.15) is 19.3 Å². The lowest BCUT2D eigenvalue weighted by Gasteiger charge is -2.21. The lowest BCUT2D eigenvalue weighted by molar-refractivity contribution is -0.161. The van der Waals surface area contributed by atoms with Crippen molar-refractivity contribution in [2.75, 3.05) is 39.6 Å². The Kier molecular flexibility index (Phi) is 76.7. The van der Waals surface area contributed by atoms with E-state index in [-0.39, 0.29) is 25.7 Å². The highest BCUT2D eigenvalue weighted by Crippen LogP contribution is 2.45. The third-order valence-electron chi connectivity index (χ3n) is 17.5. The van der Waals surface area contributed by atoms with E-state index in [4.69, 9.17) is 37.0 Å². The summed E-state index contributed by atoms with van der Waals surface area (Å²) in [5, 5.41) is 10.7. The molecule has 0 aromatic carbocycles. The van der Waals surface area contributed by atoms with E-state index in [0.717, 1.165) is 231 Å². The molecule has 0 bridgehead atoms. The van der Waals surface area contributed by atoms with Crippen LogP contribution in [0.4, 0.5) is 0 Å². The van der Waals surface area contributed by atoms with Gasteiger partial charge in [0.15, 0.2) is 12.2 Å². The Balaban J connectivity index is 5.38. The summed E-state index contributed by atoms with van der Waals surface area (Å²) in [5.41, 5.74) is 0. The van der Waals surface area contributed by atoms with Crippen molar-refractivity contribution in [2.24, 2.45) is 0 Å². The molecule has 0 aromatic rings. The molecule has 0 amide bonds. The second-order valence-electron chi connectivity index (χ2n) is 28.0. The second kappa shape index (κ2) is 80.3. The topological polar surface area (TPSA) is 237 Å². The van der Waals surface area contributed by atoms with Gasteiger partial charge >= 0.3 is 39.5 Å². The van der Waals surface area contributed by atoms with Crippen molar-refractivity contribution >= 4 is 39.5 Å². The molecular formula is C89H152O17P2. The fourth-order valence-corrected chi connectivity index (χ4v) is 12.7. The van der Waals surface area contributed by atoms with Crippen LogP contribution in [0.2, 0.25) is 0 Å². The van der Waals surface area contributed by atoms with Gasteiger partial charge in [-0.2, -0.15) is 0 Å². The van der Waals surface area contributed by atoms with Gasteiger partial charge in [-0.25, -0.2) is 9.13 Å². The average Bonchev–Trinajstić information content (AvgIpc) is 0.905. The van der Waals surface area contributed by atoms with E-state index in [9.17, 15) is 43.2 Å². The van der Waals surface area contributed by atoms with Gasteiger partial charge in [0.2, 0.25) is 0 Å². The van der Waals surface area contributed by atoms with Crippen molar-refractivity contribution in [3.63, 3.8) is 0 Å². The van der Waals surface area contributed by atoms with E-state index in [1.54, 1.807) is 0 Å². The number of aliphatic hydroxyl groups excluding tert-OH is 1. The standard InChI is InChI=1S/C89H152O17P2/c1-5-9-13-17-21-25-29-33-36-39-41-44-46-50-53-57-61-65-69-73-86(91)99-79-84(105-88(93)75-71-67-63-59-55-49-32-28-24-20-16-12-8-4)81-103-107(95,96)101-77-83(90)78-102-108(97,98)104-82-85(106-89(94)76-72-68-64-60-56-52-48-43-38-35-31-27-23-19-15-11-7-3)80-100-87(92)74-70-66-62-58-54-51-47-45-42-40-37-34-30-26-22-18-14-10-6-2/h11,15-16,20-23,25-28,32-38,41-42,44-45,83-85,90H,5-10,12-14,17-19,24,29-31,39-40,43,46-82H2,1-4H3,(H,95,96)(H,97,98)/b15-11-,20-16-,25-21-,26-22-,27-23-,32-28-,36-33-,37-34-,38-35-,44-41-,45-42-.